The average molecular weight is 307 g/mol. The van der Waals surface area contributed by atoms with Gasteiger partial charge in [-0.1, -0.05) is 35.7 Å². The summed E-state index contributed by atoms with van der Waals surface area (Å²) in [5, 5.41) is 8.93. The molecule has 0 bridgehead atoms. The summed E-state index contributed by atoms with van der Waals surface area (Å²) in [5.74, 6) is 0.304. The van der Waals surface area contributed by atoms with Crippen LogP contribution in [-0.4, -0.2) is 14.2 Å². The molecular weight excluding hydrogens is 282 g/mol. The van der Waals surface area contributed by atoms with Crippen molar-refractivity contribution in [3.05, 3.63) is 34.9 Å². The summed E-state index contributed by atoms with van der Waals surface area (Å²) in [4.78, 5) is 0. The van der Waals surface area contributed by atoms with Crippen LogP contribution in [-0.2, 0) is 15.6 Å². The highest BCUT2D eigenvalue weighted by atomic mass is 32.2. The molecule has 0 aliphatic heterocycles. The van der Waals surface area contributed by atoms with Crippen molar-refractivity contribution in [1.82, 2.24) is 0 Å². The fourth-order valence-corrected chi connectivity index (χ4v) is 3.89. The normalized spacial score (nSPS) is 12.1. The standard InChI is InChI=1S/C17H25NO2S/c1-14-9-15(2)11-16(10-14)12-21(19,20)8-6-5-7-17(3,4)13-18/h9-11H,5-8,12H2,1-4H3. The van der Waals surface area contributed by atoms with Crippen molar-refractivity contribution >= 4 is 9.84 Å². The van der Waals surface area contributed by atoms with Crippen molar-refractivity contribution in [3.63, 3.8) is 0 Å². The Kier molecular flexibility index (Phi) is 5.98. The van der Waals surface area contributed by atoms with Gasteiger partial charge in [0.25, 0.3) is 0 Å². The first-order valence-corrected chi connectivity index (χ1v) is 9.14. The summed E-state index contributed by atoms with van der Waals surface area (Å²) in [6.45, 7) is 7.73. The predicted octanol–water partition coefficient (Wildman–Crippen LogP) is 3.94. The number of hydrogen-bond donors (Lipinski definition) is 0. The molecule has 1 rings (SSSR count). The molecule has 0 spiro atoms. The molecule has 0 saturated heterocycles. The third kappa shape index (κ3) is 6.77. The number of hydrogen-bond acceptors (Lipinski definition) is 3. The van der Waals surface area contributed by atoms with Gasteiger partial charge in [0.2, 0.25) is 0 Å². The largest absolute Gasteiger partial charge is 0.228 e. The minimum absolute atomic E-state index is 0.108. The van der Waals surface area contributed by atoms with E-state index in [9.17, 15) is 8.42 Å². The second-order valence-electron chi connectivity index (χ2n) is 6.54. The monoisotopic (exact) mass is 307 g/mol. The molecule has 0 fully saturated rings. The van der Waals surface area contributed by atoms with Gasteiger partial charge in [-0.25, -0.2) is 8.42 Å². The second kappa shape index (κ2) is 7.09. The lowest BCUT2D eigenvalue weighted by Gasteiger charge is -2.14. The number of aryl methyl sites for hydroxylation is 2. The number of rotatable bonds is 7. The molecule has 1 aromatic rings. The highest BCUT2D eigenvalue weighted by Crippen LogP contribution is 2.22. The summed E-state index contributed by atoms with van der Waals surface area (Å²) in [7, 11) is -3.08. The fraction of sp³-hybridized carbons (Fsp3) is 0.588. The van der Waals surface area contributed by atoms with Crippen LogP contribution in [0.3, 0.4) is 0 Å². The Hall–Kier alpha value is -1.34. The first-order chi connectivity index (χ1) is 9.63. The average Bonchev–Trinajstić information content (AvgIpc) is 2.33. The summed E-state index contributed by atoms with van der Waals surface area (Å²) in [5.41, 5.74) is 2.69. The molecule has 4 heteroatoms. The number of unbranched alkanes of at least 4 members (excludes halogenated alkanes) is 1. The van der Waals surface area contributed by atoms with E-state index in [4.69, 9.17) is 5.26 Å². The zero-order valence-electron chi connectivity index (χ0n) is 13.4. The van der Waals surface area contributed by atoms with Gasteiger partial charge in [0.05, 0.1) is 23.0 Å². The molecule has 0 N–H and O–H groups in total. The maximum absolute atomic E-state index is 12.2. The lowest BCUT2D eigenvalue weighted by Crippen LogP contribution is -2.12. The Morgan fingerprint density at radius 3 is 2.19 bits per heavy atom. The van der Waals surface area contributed by atoms with Gasteiger partial charge in [0, 0.05) is 0 Å². The lowest BCUT2D eigenvalue weighted by atomic mass is 9.89. The quantitative estimate of drug-likeness (QED) is 0.717. The topological polar surface area (TPSA) is 57.9 Å². The minimum Gasteiger partial charge on any atom is -0.228 e. The van der Waals surface area contributed by atoms with E-state index < -0.39 is 9.84 Å². The van der Waals surface area contributed by atoms with Crippen molar-refractivity contribution in [3.8, 4) is 6.07 Å². The van der Waals surface area contributed by atoms with Crippen LogP contribution in [0.15, 0.2) is 18.2 Å². The van der Waals surface area contributed by atoms with Gasteiger partial charge in [-0.2, -0.15) is 5.26 Å². The molecule has 116 valence electrons. The molecule has 0 saturated carbocycles. The van der Waals surface area contributed by atoms with Crippen molar-refractivity contribution in [2.75, 3.05) is 5.75 Å². The van der Waals surface area contributed by atoms with Crippen LogP contribution < -0.4 is 0 Å². The Morgan fingerprint density at radius 2 is 1.67 bits per heavy atom. The maximum Gasteiger partial charge on any atom is 0.154 e. The van der Waals surface area contributed by atoms with E-state index in [-0.39, 0.29) is 16.9 Å². The summed E-state index contributed by atoms with van der Waals surface area (Å²) >= 11 is 0. The highest BCUT2D eigenvalue weighted by Gasteiger charge is 2.17. The number of nitrogens with zero attached hydrogens (tertiary/aromatic N) is 1. The number of sulfone groups is 1. The molecular formula is C17H25NO2S. The molecule has 0 aliphatic rings. The van der Waals surface area contributed by atoms with Crippen LogP contribution in [0, 0.1) is 30.6 Å². The SMILES string of the molecule is Cc1cc(C)cc(CS(=O)(=O)CCCCC(C)(C)C#N)c1. The number of benzene rings is 1. The van der Waals surface area contributed by atoms with Crippen LogP contribution >= 0.6 is 0 Å². The molecule has 0 radical (unpaired) electrons. The molecule has 0 amide bonds. The van der Waals surface area contributed by atoms with Crippen LogP contribution in [0.2, 0.25) is 0 Å². The third-order valence-corrected chi connectivity index (χ3v) is 5.16. The van der Waals surface area contributed by atoms with E-state index in [0.29, 0.717) is 6.42 Å². The van der Waals surface area contributed by atoms with E-state index in [1.165, 1.54) is 0 Å². The number of nitriles is 1. The molecule has 1 aromatic carbocycles. The molecule has 3 nitrogen and oxygen atoms in total. The van der Waals surface area contributed by atoms with Crippen LogP contribution in [0.5, 0.6) is 0 Å². The van der Waals surface area contributed by atoms with Gasteiger partial charge in [-0.05, 0) is 46.1 Å². The molecule has 0 unspecified atom stereocenters. The van der Waals surface area contributed by atoms with Crippen molar-refractivity contribution in [2.24, 2.45) is 5.41 Å². The Morgan fingerprint density at radius 1 is 1.10 bits per heavy atom. The third-order valence-electron chi connectivity index (χ3n) is 3.48. The fourth-order valence-electron chi connectivity index (χ4n) is 2.42. The van der Waals surface area contributed by atoms with Gasteiger partial charge in [0.1, 0.15) is 0 Å². The maximum atomic E-state index is 12.2. The summed E-state index contributed by atoms with van der Waals surface area (Å²) < 4.78 is 24.3. The highest BCUT2D eigenvalue weighted by molar-refractivity contribution is 7.90. The molecule has 21 heavy (non-hydrogen) atoms. The zero-order chi connectivity index (χ0) is 16.1. The summed E-state index contributed by atoms with van der Waals surface area (Å²) in [6, 6.07) is 8.15. The van der Waals surface area contributed by atoms with Gasteiger partial charge in [-0.15, -0.1) is 0 Å². The van der Waals surface area contributed by atoms with Crippen molar-refractivity contribution in [2.45, 2.75) is 52.7 Å². The van der Waals surface area contributed by atoms with E-state index >= 15 is 0 Å². The van der Waals surface area contributed by atoms with Gasteiger partial charge >= 0.3 is 0 Å². The van der Waals surface area contributed by atoms with Gasteiger partial charge < -0.3 is 0 Å². The summed E-state index contributed by atoms with van der Waals surface area (Å²) in [6.07, 6.45) is 2.13. The first kappa shape index (κ1) is 17.7. The Bertz CT molecular complexity index is 604. The molecule has 0 atom stereocenters. The molecule has 0 aromatic heterocycles. The lowest BCUT2D eigenvalue weighted by molar-refractivity contribution is 0.431. The minimum atomic E-state index is -3.08. The predicted molar refractivity (Wildman–Crippen MR) is 86.7 cm³/mol. The van der Waals surface area contributed by atoms with Gasteiger partial charge in [0.15, 0.2) is 9.84 Å². The van der Waals surface area contributed by atoms with Crippen molar-refractivity contribution in [1.29, 1.82) is 5.26 Å². The van der Waals surface area contributed by atoms with Crippen LogP contribution in [0.1, 0.15) is 49.8 Å². The molecule has 0 aliphatic carbocycles. The van der Waals surface area contributed by atoms with E-state index in [0.717, 1.165) is 29.5 Å². The van der Waals surface area contributed by atoms with E-state index in [1.54, 1.807) is 0 Å². The van der Waals surface area contributed by atoms with Crippen LogP contribution in [0.4, 0.5) is 0 Å². The second-order valence-corrected chi connectivity index (χ2v) is 8.72. The smallest absolute Gasteiger partial charge is 0.154 e. The van der Waals surface area contributed by atoms with Gasteiger partial charge in [-0.3, -0.25) is 0 Å². The van der Waals surface area contributed by atoms with E-state index in [2.05, 4.69) is 6.07 Å². The molecule has 0 heterocycles. The van der Waals surface area contributed by atoms with E-state index in [1.807, 2.05) is 45.9 Å². The van der Waals surface area contributed by atoms with Crippen LogP contribution in [0.25, 0.3) is 0 Å². The van der Waals surface area contributed by atoms with Crippen molar-refractivity contribution < 1.29 is 8.42 Å². The first-order valence-electron chi connectivity index (χ1n) is 7.32. The Labute approximate surface area is 128 Å². The Balaban J connectivity index is 2.53. The zero-order valence-corrected chi connectivity index (χ0v) is 14.3.